The largest absolute Gasteiger partial charge is 0.497 e. The van der Waals surface area contributed by atoms with E-state index in [0.717, 1.165) is 17.3 Å². The average Bonchev–Trinajstić information content (AvgIpc) is 3.49. The molecular weight excluding hydrogens is 593 g/mol. The van der Waals surface area contributed by atoms with Crippen LogP contribution in [0.1, 0.15) is 28.0 Å². The number of H-pyrrole nitrogens is 1. The summed E-state index contributed by atoms with van der Waals surface area (Å²) >= 11 is 0. The fraction of sp³-hybridized carbons (Fsp3) is 0.387. The highest BCUT2D eigenvalue weighted by molar-refractivity contribution is 6.12. The number of aryl methyl sites for hydroxylation is 2. The van der Waals surface area contributed by atoms with Gasteiger partial charge < -0.3 is 29.7 Å². The number of alkyl halides is 3. The van der Waals surface area contributed by atoms with Crippen LogP contribution in [0.5, 0.6) is 17.2 Å². The lowest BCUT2D eigenvalue weighted by molar-refractivity contribution is -0.138. The number of halogens is 3. The minimum Gasteiger partial charge on any atom is -0.497 e. The number of carbonyl (C=O) groups excluding carboxylic acids is 2. The van der Waals surface area contributed by atoms with Gasteiger partial charge in [0.2, 0.25) is 5.91 Å². The number of amides is 2. The number of carbonyl (C=O) groups is 2. The predicted octanol–water partition coefficient (Wildman–Crippen LogP) is 4.67. The van der Waals surface area contributed by atoms with Crippen LogP contribution in [0.4, 0.5) is 30.4 Å². The highest BCUT2D eigenvalue weighted by atomic mass is 19.4. The normalized spacial score (nSPS) is 13.7. The zero-order valence-electron chi connectivity index (χ0n) is 25.4. The van der Waals surface area contributed by atoms with Crippen LogP contribution in [-0.2, 0) is 17.6 Å². The third-order valence-corrected chi connectivity index (χ3v) is 7.39. The summed E-state index contributed by atoms with van der Waals surface area (Å²) in [7, 11) is 4.64. The van der Waals surface area contributed by atoms with E-state index in [1.165, 1.54) is 13.2 Å². The number of nitrogens with one attached hydrogen (secondary N) is 3. The van der Waals surface area contributed by atoms with Crippen molar-refractivity contribution >= 4 is 29.0 Å². The van der Waals surface area contributed by atoms with Gasteiger partial charge in [-0.3, -0.25) is 19.6 Å². The summed E-state index contributed by atoms with van der Waals surface area (Å²) in [6.07, 6.45) is -2.76. The van der Waals surface area contributed by atoms with Crippen molar-refractivity contribution in [2.24, 2.45) is 0 Å². The smallest absolute Gasteiger partial charge is 0.390 e. The molecule has 0 radical (unpaired) electrons. The molecule has 45 heavy (non-hydrogen) atoms. The number of rotatable bonds is 13. The van der Waals surface area contributed by atoms with E-state index in [4.69, 9.17) is 14.2 Å². The van der Waals surface area contributed by atoms with Crippen molar-refractivity contribution in [2.75, 3.05) is 69.6 Å². The van der Waals surface area contributed by atoms with E-state index in [1.54, 1.807) is 37.3 Å². The van der Waals surface area contributed by atoms with Crippen molar-refractivity contribution in [2.45, 2.75) is 25.4 Å². The summed E-state index contributed by atoms with van der Waals surface area (Å²) in [6, 6.07) is 10.5. The molecule has 0 bridgehead atoms. The van der Waals surface area contributed by atoms with E-state index < -0.39 is 24.4 Å². The van der Waals surface area contributed by atoms with Crippen LogP contribution in [0.25, 0.3) is 0 Å². The molecule has 0 atom stereocenters. The molecule has 0 unspecified atom stereocenters. The second-order valence-corrected chi connectivity index (χ2v) is 10.4. The number of hydrogen-bond acceptors (Lipinski definition) is 8. The molecule has 1 aliphatic heterocycles. The predicted molar refractivity (Wildman–Crippen MR) is 165 cm³/mol. The number of methoxy groups -OCH3 is 3. The molecular formula is C31H37F3N6O5. The molecule has 0 spiro atoms. The van der Waals surface area contributed by atoms with Gasteiger partial charge in [-0.15, -0.1) is 0 Å². The van der Waals surface area contributed by atoms with E-state index in [1.807, 2.05) is 17.0 Å². The van der Waals surface area contributed by atoms with Crippen LogP contribution in [0.15, 0.2) is 49.1 Å². The van der Waals surface area contributed by atoms with Crippen molar-refractivity contribution in [1.29, 1.82) is 0 Å². The standard InChI is InChI=1S/C31H37F3N6O5/c1-5-29(41)35-25-19-26(40-12-10-39(11-13-40)9-8-31(32,33)34)27(45-4)18-24(25)30(42)36-28-16-21(37-38-28)7-6-20-14-22(43-2)17-23(15-20)44-3/h5,14-19H,1,6-13H2,2-4H3,(H,35,41)(H2,36,37,38,42). The summed E-state index contributed by atoms with van der Waals surface area (Å²) in [5, 5.41) is 12.6. The minimum absolute atomic E-state index is 0.0701. The Hall–Kier alpha value is -4.72. The number of anilines is 3. The Morgan fingerprint density at radius 3 is 2.24 bits per heavy atom. The molecule has 2 heterocycles. The van der Waals surface area contributed by atoms with Crippen molar-refractivity contribution in [3.8, 4) is 17.2 Å². The molecule has 11 nitrogen and oxygen atoms in total. The maximum absolute atomic E-state index is 13.5. The molecule has 1 fully saturated rings. The van der Waals surface area contributed by atoms with Gasteiger partial charge in [-0.25, -0.2) is 0 Å². The summed E-state index contributed by atoms with van der Waals surface area (Å²) in [6.45, 7) is 5.14. The zero-order chi connectivity index (χ0) is 32.6. The fourth-order valence-electron chi connectivity index (χ4n) is 4.98. The third-order valence-electron chi connectivity index (χ3n) is 7.39. The van der Waals surface area contributed by atoms with Crippen LogP contribution in [0.3, 0.4) is 0 Å². The minimum atomic E-state index is -4.21. The van der Waals surface area contributed by atoms with Crippen molar-refractivity contribution in [1.82, 2.24) is 15.1 Å². The topological polar surface area (TPSA) is 121 Å². The molecule has 1 aromatic heterocycles. The molecule has 242 valence electrons. The van der Waals surface area contributed by atoms with Gasteiger partial charge in [0.05, 0.1) is 50.4 Å². The molecule has 3 aromatic rings. The molecule has 4 rings (SSSR count). The van der Waals surface area contributed by atoms with Crippen LogP contribution < -0.4 is 29.7 Å². The number of aromatic nitrogens is 2. The second kappa shape index (κ2) is 14.8. The number of aromatic amines is 1. The number of ether oxygens (including phenoxy) is 3. The third kappa shape index (κ3) is 9.14. The number of piperazine rings is 1. The molecule has 1 saturated heterocycles. The Balaban J connectivity index is 1.48. The van der Waals surface area contributed by atoms with E-state index in [9.17, 15) is 22.8 Å². The first-order chi connectivity index (χ1) is 21.5. The lowest BCUT2D eigenvalue weighted by atomic mass is 10.1. The Morgan fingerprint density at radius 1 is 0.956 bits per heavy atom. The van der Waals surface area contributed by atoms with Gasteiger partial charge >= 0.3 is 6.18 Å². The highest BCUT2D eigenvalue weighted by Gasteiger charge is 2.29. The summed E-state index contributed by atoms with van der Waals surface area (Å²) in [5.41, 5.74) is 2.67. The lowest BCUT2D eigenvalue weighted by Crippen LogP contribution is -2.47. The van der Waals surface area contributed by atoms with Gasteiger partial charge in [-0.2, -0.15) is 18.3 Å². The molecule has 1 aliphatic rings. The summed E-state index contributed by atoms with van der Waals surface area (Å²) in [4.78, 5) is 29.5. The van der Waals surface area contributed by atoms with E-state index in [-0.39, 0.29) is 17.8 Å². The summed E-state index contributed by atoms with van der Waals surface area (Å²) < 4.78 is 54.3. The van der Waals surface area contributed by atoms with Crippen molar-refractivity contribution < 1.29 is 37.0 Å². The molecule has 2 amide bonds. The van der Waals surface area contributed by atoms with Crippen LogP contribution in [0.2, 0.25) is 0 Å². The maximum Gasteiger partial charge on any atom is 0.390 e. The Bertz CT molecular complexity index is 1480. The first-order valence-corrected chi connectivity index (χ1v) is 14.3. The lowest BCUT2D eigenvalue weighted by Gasteiger charge is -2.37. The number of nitrogens with zero attached hydrogens (tertiary/aromatic N) is 3. The van der Waals surface area contributed by atoms with E-state index in [2.05, 4.69) is 27.4 Å². The van der Waals surface area contributed by atoms with Gasteiger partial charge in [-0.05, 0) is 48.7 Å². The summed E-state index contributed by atoms with van der Waals surface area (Å²) in [5.74, 6) is 1.06. The second-order valence-electron chi connectivity index (χ2n) is 10.4. The van der Waals surface area contributed by atoms with Gasteiger partial charge in [0.25, 0.3) is 5.91 Å². The number of hydrogen-bond donors (Lipinski definition) is 3. The Labute approximate surface area is 259 Å². The molecule has 14 heteroatoms. The molecule has 3 N–H and O–H groups in total. The van der Waals surface area contributed by atoms with Gasteiger partial charge in [-0.1, -0.05) is 6.58 Å². The van der Waals surface area contributed by atoms with Gasteiger partial charge in [0.15, 0.2) is 0 Å². The molecule has 2 aromatic carbocycles. The van der Waals surface area contributed by atoms with Gasteiger partial charge in [0, 0.05) is 44.9 Å². The highest BCUT2D eigenvalue weighted by Crippen LogP contribution is 2.36. The molecule has 0 saturated carbocycles. The first-order valence-electron chi connectivity index (χ1n) is 14.3. The maximum atomic E-state index is 13.5. The quantitative estimate of drug-likeness (QED) is 0.233. The number of benzene rings is 2. The average molecular weight is 631 g/mol. The van der Waals surface area contributed by atoms with Crippen LogP contribution >= 0.6 is 0 Å². The molecule has 0 aliphatic carbocycles. The van der Waals surface area contributed by atoms with Gasteiger partial charge in [0.1, 0.15) is 23.1 Å². The zero-order valence-corrected chi connectivity index (χ0v) is 25.4. The van der Waals surface area contributed by atoms with Crippen molar-refractivity contribution in [3.63, 3.8) is 0 Å². The van der Waals surface area contributed by atoms with Crippen molar-refractivity contribution in [3.05, 3.63) is 65.9 Å². The monoisotopic (exact) mass is 630 g/mol. The van der Waals surface area contributed by atoms with Crippen LogP contribution in [0, 0.1) is 0 Å². The first kappa shape index (κ1) is 33.2. The van der Waals surface area contributed by atoms with E-state index in [0.29, 0.717) is 67.8 Å². The van der Waals surface area contributed by atoms with E-state index >= 15 is 0 Å². The SMILES string of the molecule is C=CC(=O)Nc1cc(N2CCN(CCC(F)(F)F)CC2)c(OC)cc1C(=O)Nc1cc(CCc2cc(OC)cc(OC)c2)n[nH]1. The fourth-order valence-corrected chi connectivity index (χ4v) is 4.98. The Morgan fingerprint density at radius 2 is 1.64 bits per heavy atom. The Kier molecular flexibility index (Phi) is 10.9. The van der Waals surface area contributed by atoms with Crippen LogP contribution in [-0.4, -0.2) is 87.1 Å².